The maximum Gasteiger partial charge on any atom is 0.0607 e. The van der Waals surface area contributed by atoms with E-state index < -0.39 is 0 Å². The summed E-state index contributed by atoms with van der Waals surface area (Å²) < 4.78 is 0. The molecule has 0 spiro atoms. The second-order valence-corrected chi connectivity index (χ2v) is 5.39. The number of hydrogen-bond acceptors (Lipinski definition) is 3. The van der Waals surface area contributed by atoms with E-state index in [0.717, 1.165) is 12.6 Å². The van der Waals surface area contributed by atoms with E-state index in [4.69, 9.17) is 5.11 Å². The fourth-order valence-electron chi connectivity index (χ4n) is 2.14. The fraction of sp³-hybridized carbons (Fsp3) is 1.00. The number of nitrogens with one attached hydrogen (secondary N) is 1. The van der Waals surface area contributed by atoms with Crippen molar-refractivity contribution in [2.45, 2.75) is 51.1 Å². The molecule has 0 radical (unpaired) electrons. The Morgan fingerprint density at radius 3 is 2.73 bits per heavy atom. The Balaban J connectivity index is 2.19. The van der Waals surface area contributed by atoms with E-state index in [2.05, 4.69) is 17.3 Å². The molecule has 0 amide bonds. The molecule has 0 aromatic rings. The monoisotopic (exact) mass is 214 g/mol. The SMILES string of the molecule is CN1CCCCC1CCNC(C)(C)CO. The predicted molar refractivity (Wildman–Crippen MR) is 64.1 cm³/mol. The standard InChI is InChI=1S/C12H26N2O/c1-12(2,10-15)13-8-7-11-6-4-5-9-14(11)3/h11,13,15H,4-10H2,1-3H3. The fourth-order valence-corrected chi connectivity index (χ4v) is 2.14. The van der Waals surface area contributed by atoms with Crippen LogP contribution in [0.5, 0.6) is 0 Å². The molecule has 0 bridgehead atoms. The highest BCUT2D eigenvalue weighted by Crippen LogP contribution is 2.17. The molecule has 3 heteroatoms. The Labute approximate surface area is 93.9 Å². The summed E-state index contributed by atoms with van der Waals surface area (Å²) in [6, 6.07) is 0.737. The van der Waals surface area contributed by atoms with Crippen LogP contribution >= 0.6 is 0 Å². The van der Waals surface area contributed by atoms with Crippen LogP contribution in [-0.4, -0.2) is 48.3 Å². The van der Waals surface area contributed by atoms with Gasteiger partial charge in [0.15, 0.2) is 0 Å². The van der Waals surface area contributed by atoms with Crippen LogP contribution in [0.3, 0.4) is 0 Å². The average Bonchev–Trinajstić information content (AvgIpc) is 2.21. The van der Waals surface area contributed by atoms with Crippen LogP contribution in [0, 0.1) is 0 Å². The summed E-state index contributed by atoms with van der Waals surface area (Å²) in [6.07, 6.45) is 5.25. The maximum absolute atomic E-state index is 9.11. The number of rotatable bonds is 5. The highest BCUT2D eigenvalue weighted by Gasteiger charge is 2.20. The molecule has 90 valence electrons. The highest BCUT2D eigenvalue weighted by molar-refractivity contribution is 4.79. The van der Waals surface area contributed by atoms with Crippen LogP contribution in [0.1, 0.15) is 39.5 Å². The van der Waals surface area contributed by atoms with Gasteiger partial charge in [-0.15, -0.1) is 0 Å². The van der Waals surface area contributed by atoms with Crippen LogP contribution in [-0.2, 0) is 0 Å². The van der Waals surface area contributed by atoms with Crippen LogP contribution in [0.15, 0.2) is 0 Å². The smallest absolute Gasteiger partial charge is 0.0607 e. The van der Waals surface area contributed by atoms with Gasteiger partial charge in [0.05, 0.1) is 6.61 Å². The molecule has 1 atom stereocenters. The Bertz CT molecular complexity index is 182. The molecule has 1 saturated heterocycles. The number of likely N-dealkylation sites (tertiary alicyclic amines) is 1. The minimum absolute atomic E-state index is 0.132. The van der Waals surface area contributed by atoms with E-state index in [0.29, 0.717) is 0 Å². The first kappa shape index (κ1) is 12.9. The van der Waals surface area contributed by atoms with Crippen LogP contribution in [0.2, 0.25) is 0 Å². The molecule has 1 heterocycles. The molecule has 1 aliphatic rings. The number of aliphatic hydroxyl groups is 1. The Kier molecular flexibility index (Phi) is 5.03. The molecule has 3 nitrogen and oxygen atoms in total. The van der Waals surface area contributed by atoms with Crippen molar-refractivity contribution in [3.63, 3.8) is 0 Å². The number of aliphatic hydroxyl groups excluding tert-OH is 1. The van der Waals surface area contributed by atoms with Crippen molar-refractivity contribution in [2.75, 3.05) is 26.7 Å². The van der Waals surface area contributed by atoms with Crippen molar-refractivity contribution < 1.29 is 5.11 Å². The van der Waals surface area contributed by atoms with Crippen molar-refractivity contribution in [3.05, 3.63) is 0 Å². The van der Waals surface area contributed by atoms with Gasteiger partial charge in [-0.05, 0) is 53.2 Å². The first-order valence-electron chi connectivity index (χ1n) is 6.11. The third-order valence-corrected chi connectivity index (χ3v) is 3.40. The van der Waals surface area contributed by atoms with Gasteiger partial charge in [-0.25, -0.2) is 0 Å². The first-order chi connectivity index (χ1) is 7.05. The molecule has 0 aliphatic carbocycles. The van der Waals surface area contributed by atoms with E-state index >= 15 is 0 Å². The van der Waals surface area contributed by atoms with E-state index in [1.807, 2.05) is 13.8 Å². The highest BCUT2D eigenvalue weighted by atomic mass is 16.3. The predicted octanol–water partition coefficient (Wildman–Crippen LogP) is 1.22. The van der Waals surface area contributed by atoms with Crippen LogP contribution in [0.25, 0.3) is 0 Å². The van der Waals surface area contributed by atoms with E-state index in [9.17, 15) is 0 Å². The molecule has 0 aromatic heterocycles. The molecule has 0 aromatic carbocycles. The van der Waals surface area contributed by atoms with Gasteiger partial charge in [-0.1, -0.05) is 6.42 Å². The number of hydrogen-bond donors (Lipinski definition) is 2. The second-order valence-electron chi connectivity index (χ2n) is 5.39. The molecule has 1 rings (SSSR count). The Hall–Kier alpha value is -0.120. The molecule has 2 N–H and O–H groups in total. The van der Waals surface area contributed by atoms with Gasteiger partial charge in [-0.2, -0.15) is 0 Å². The Morgan fingerprint density at radius 2 is 2.13 bits per heavy atom. The molecule has 1 fully saturated rings. The summed E-state index contributed by atoms with van der Waals surface area (Å²) in [5.41, 5.74) is -0.132. The minimum Gasteiger partial charge on any atom is -0.394 e. The van der Waals surface area contributed by atoms with Gasteiger partial charge in [0.1, 0.15) is 0 Å². The zero-order chi connectivity index (χ0) is 11.3. The van der Waals surface area contributed by atoms with E-state index in [1.54, 1.807) is 0 Å². The van der Waals surface area contributed by atoms with Gasteiger partial charge >= 0.3 is 0 Å². The zero-order valence-corrected chi connectivity index (χ0v) is 10.4. The lowest BCUT2D eigenvalue weighted by Gasteiger charge is -2.33. The van der Waals surface area contributed by atoms with Crippen molar-refractivity contribution in [1.29, 1.82) is 0 Å². The van der Waals surface area contributed by atoms with Gasteiger partial charge in [0.25, 0.3) is 0 Å². The van der Waals surface area contributed by atoms with Crippen molar-refractivity contribution in [3.8, 4) is 0 Å². The average molecular weight is 214 g/mol. The summed E-state index contributed by atoms with van der Waals surface area (Å²) in [5, 5.41) is 12.5. The molecule has 1 unspecified atom stereocenters. The number of nitrogens with zero attached hydrogens (tertiary/aromatic N) is 1. The Morgan fingerprint density at radius 1 is 1.40 bits per heavy atom. The molecule has 0 saturated carbocycles. The largest absolute Gasteiger partial charge is 0.394 e. The first-order valence-corrected chi connectivity index (χ1v) is 6.11. The summed E-state index contributed by atoms with van der Waals surface area (Å²) in [6.45, 7) is 6.53. The maximum atomic E-state index is 9.11. The van der Waals surface area contributed by atoms with Crippen molar-refractivity contribution in [2.24, 2.45) is 0 Å². The lowest BCUT2D eigenvalue weighted by atomic mass is 9.99. The van der Waals surface area contributed by atoms with Crippen molar-refractivity contribution in [1.82, 2.24) is 10.2 Å². The molecule has 1 aliphatic heterocycles. The third-order valence-electron chi connectivity index (χ3n) is 3.40. The second kappa shape index (κ2) is 5.83. The summed E-state index contributed by atoms with van der Waals surface area (Å²) in [4.78, 5) is 2.47. The van der Waals surface area contributed by atoms with Crippen molar-refractivity contribution >= 4 is 0 Å². The van der Waals surface area contributed by atoms with E-state index in [-0.39, 0.29) is 12.1 Å². The van der Waals surface area contributed by atoms with Crippen LogP contribution in [0.4, 0.5) is 0 Å². The summed E-state index contributed by atoms with van der Waals surface area (Å²) >= 11 is 0. The quantitative estimate of drug-likeness (QED) is 0.722. The lowest BCUT2D eigenvalue weighted by Crippen LogP contribution is -2.45. The number of piperidine rings is 1. The molecular weight excluding hydrogens is 188 g/mol. The van der Waals surface area contributed by atoms with Gasteiger partial charge in [0, 0.05) is 11.6 Å². The van der Waals surface area contributed by atoms with E-state index in [1.165, 1.54) is 32.2 Å². The van der Waals surface area contributed by atoms with Gasteiger partial charge in [-0.3, -0.25) is 0 Å². The molecular formula is C12H26N2O. The third kappa shape index (κ3) is 4.49. The van der Waals surface area contributed by atoms with Gasteiger partial charge < -0.3 is 15.3 Å². The summed E-state index contributed by atoms with van der Waals surface area (Å²) in [5.74, 6) is 0. The molecule has 15 heavy (non-hydrogen) atoms. The summed E-state index contributed by atoms with van der Waals surface area (Å²) in [7, 11) is 2.22. The zero-order valence-electron chi connectivity index (χ0n) is 10.4. The minimum atomic E-state index is -0.132. The topological polar surface area (TPSA) is 35.5 Å². The lowest BCUT2D eigenvalue weighted by molar-refractivity contribution is 0.158. The van der Waals surface area contributed by atoms with Gasteiger partial charge in [0.2, 0.25) is 0 Å². The normalized spacial score (nSPS) is 24.4. The van der Waals surface area contributed by atoms with Crippen LogP contribution < -0.4 is 5.32 Å².